The minimum atomic E-state index is -0.760. The van der Waals surface area contributed by atoms with Crippen LogP contribution >= 0.6 is 0 Å². The van der Waals surface area contributed by atoms with Gasteiger partial charge in [-0.15, -0.1) is 0 Å². The second-order valence-electron chi connectivity index (χ2n) is 6.82. The van der Waals surface area contributed by atoms with Crippen molar-refractivity contribution >= 4 is 0 Å². The molecule has 0 aromatic heterocycles. The molecule has 4 rings (SSSR count). The second-order valence-corrected chi connectivity index (χ2v) is 6.82. The lowest BCUT2D eigenvalue weighted by molar-refractivity contribution is -0.387. The zero-order valence-electron chi connectivity index (χ0n) is 16.0. The van der Waals surface area contributed by atoms with Crippen LogP contribution in [0.25, 0.3) is 0 Å². The predicted octanol–water partition coefficient (Wildman–Crippen LogP) is 3.48. The Morgan fingerprint density at radius 3 is 1.90 bits per heavy atom. The quantitative estimate of drug-likeness (QED) is 0.706. The fourth-order valence-corrected chi connectivity index (χ4v) is 3.52. The second kappa shape index (κ2) is 8.83. The molecule has 0 N–H and O–H groups in total. The fourth-order valence-electron chi connectivity index (χ4n) is 3.52. The van der Waals surface area contributed by atoms with Crippen LogP contribution in [0.2, 0.25) is 0 Å². The van der Waals surface area contributed by atoms with E-state index in [2.05, 4.69) is 0 Å². The Hall–Kier alpha value is -1.94. The Labute approximate surface area is 167 Å². The van der Waals surface area contributed by atoms with Gasteiger partial charge in [0.15, 0.2) is 18.9 Å². The molecule has 0 aliphatic carbocycles. The summed E-state index contributed by atoms with van der Waals surface area (Å²) in [5, 5.41) is 0. The molecule has 2 aromatic rings. The molecule has 2 heterocycles. The molecule has 0 spiro atoms. The van der Waals surface area contributed by atoms with Gasteiger partial charge in [-0.1, -0.05) is 24.3 Å². The number of fused-ring (bicyclic) bond motifs is 1. The molecule has 2 aliphatic rings. The number of benzene rings is 2. The average molecular weight is 408 g/mol. The van der Waals surface area contributed by atoms with Crippen LogP contribution in [0.5, 0.6) is 0 Å². The third-order valence-electron chi connectivity index (χ3n) is 4.98. The van der Waals surface area contributed by atoms with Gasteiger partial charge in [0.05, 0.1) is 6.61 Å². The zero-order chi connectivity index (χ0) is 20.4. The summed E-state index contributed by atoms with van der Waals surface area (Å²) >= 11 is 0. The lowest BCUT2D eigenvalue weighted by atomic mass is 10.0. The average Bonchev–Trinajstić information content (AvgIpc) is 2.75. The van der Waals surface area contributed by atoms with Crippen molar-refractivity contribution in [2.45, 2.75) is 37.2 Å². The molecule has 0 bridgehead atoms. The van der Waals surface area contributed by atoms with Gasteiger partial charge in [0, 0.05) is 25.3 Å². The van der Waals surface area contributed by atoms with Crippen LogP contribution in [-0.2, 0) is 28.4 Å². The molecular weight excluding hydrogens is 386 g/mol. The van der Waals surface area contributed by atoms with Gasteiger partial charge in [-0.25, -0.2) is 8.78 Å². The molecule has 2 unspecified atom stereocenters. The number of methoxy groups -OCH3 is 2. The number of rotatable bonds is 5. The molecule has 156 valence electrons. The van der Waals surface area contributed by atoms with E-state index in [0.717, 1.165) is 0 Å². The molecule has 0 radical (unpaired) electrons. The van der Waals surface area contributed by atoms with Gasteiger partial charge in [0.25, 0.3) is 0 Å². The first-order valence-corrected chi connectivity index (χ1v) is 9.23. The number of hydrogen-bond donors (Lipinski definition) is 0. The molecular formula is C21H22F2O6. The molecule has 2 aromatic carbocycles. The van der Waals surface area contributed by atoms with Crippen molar-refractivity contribution in [3.63, 3.8) is 0 Å². The molecule has 8 heteroatoms. The van der Waals surface area contributed by atoms with E-state index in [-0.39, 0.29) is 18.2 Å². The maximum Gasteiger partial charge on any atom is 0.185 e. The summed E-state index contributed by atoms with van der Waals surface area (Å²) < 4.78 is 61.4. The molecule has 2 aliphatic heterocycles. The van der Waals surface area contributed by atoms with E-state index in [1.165, 1.54) is 38.5 Å². The maximum atomic E-state index is 13.3. The first-order chi connectivity index (χ1) is 14.1. The summed E-state index contributed by atoms with van der Waals surface area (Å²) in [5.74, 6) is -0.692. The van der Waals surface area contributed by atoms with Gasteiger partial charge >= 0.3 is 0 Å². The number of ether oxygens (including phenoxy) is 6. The Balaban J connectivity index is 1.57. The minimum Gasteiger partial charge on any atom is -0.353 e. The zero-order valence-corrected chi connectivity index (χ0v) is 16.0. The van der Waals surface area contributed by atoms with E-state index >= 15 is 0 Å². The van der Waals surface area contributed by atoms with Crippen LogP contribution in [0, 0.1) is 11.6 Å². The fraction of sp³-hybridized carbons (Fsp3) is 0.429. The smallest absolute Gasteiger partial charge is 0.185 e. The van der Waals surface area contributed by atoms with Crippen molar-refractivity contribution in [3.05, 3.63) is 71.3 Å². The minimum absolute atomic E-state index is 0.227. The van der Waals surface area contributed by atoms with Crippen LogP contribution in [0.1, 0.15) is 23.7 Å². The van der Waals surface area contributed by atoms with Crippen molar-refractivity contribution in [3.8, 4) is 0 Å². The van der Waals surface area contributed by atoms with Crippen molar-refractivity contribution in [1.82, 2.24) is 0 Å². The van der Waals surface area contributed by atoms with Crippen molar-refractivity contribution < 1.29 is 37.2 Å². The highest BCUT2D eigenvalue weighted by Gasteiger charge is 2.49. The van der Waals surface area contributed by atoms with E-state index in [1.54, 1.807) is 24.3 Å². The largest absolute Gasteiger partial charge is 0.353 e. The first-order valence-electron chi connectivity index (χ1n) is 9.23. The highest BCUT2D eigenvalue weighted by molar-refractivity contribution is 5.19. The molecule has 2 saturated heterocycles. The Morgan fingerprint density at radius 2 is 1.34 bits per heavy atom. The molecule has 29 heavy (non-hydrogen) atoms. The van der Waals surface area contributed by atoms with Crippen LogP contribution < -0.4 is 0 Å². The number of halogens is 2. The topological polar surface area (TPSA) is 55.4 Å². The summed E-state index contributed by atoms with van der Waals surface area (Å²) in [6.45, 7) is 0.227. The Bertz CT molecular complexity index is 796. The summed E-state index contributed by atoms with van der Waals surface area (Å²) in [6.07, 6.45) is -3.84. The van der Waals surface area contributed by atoms with Gasteiger partial charge in [0.2, 0.25) is 0 Å². The predicted molar refractivity (Wildman–Crippen MR) is 96.7 cm³/mol. The Kier molecular flexibility index (Phi) is 6.19. The maximum absolute atomic E-state index is 13.3. The van der Waals surface area contributed by atoms with Crippen LogP contribution in [0.3, 0.4) is 0 Å². The highest BCUT2D eigenvalue weighted by atomic mass is 19.1. The molecule has 6 nitrogen and oxygen atoms in total. The van der Waals surface area contributed by atoms with E-state index in [4.69, 9.17) is 28.4 Å². The van der Waals surface area contributed by atoms with Crippen molar-refractivity contribution in [2.24, 2.45) is 0 Å². The summed E-state index contributed by atoms with van der Waals surface area (Å²) in [5.41, 5.74) is 1.33. The van der Waals surface area contributed by atoms with Crippen LogP contribution in [-0.4, -0.2) is 45.4 Å². The third-order valence-corrected chi connectivity index (χ3v) is 4.98. The van der Waals surface area contributed by atoms with Crippen molar-refractivity contribution in [2.75, 3.05) is 20.8 Å². The lowest BCUT2D eigenvalue weighted by Crippen LogP contribution is -2.58. The monoisotopic (exact) mass is 408 g/mol. The van der Waals surface area contributed by atoms with E-state index in [9.17, 15) is 8.78 Å². The molecule has 2 fully saturated rings. The van der Waals surface area contributed by atoms with Crippen molar-refractivity contribution in [1.29, 1.82) is 0 Å². The summed E-state index contributed by atoms with van der Waals surface area (Å²) in [4.78, 5) is 0. The van der Waals surface area contributed by atoms with E-state index in [1.807, 2.05) is 0 Å². The van der Waals surface area contributed by atoms with E-state index in [0.29, 0.717) is 11.1 Å². The van der Waals surface area contributed by atoms with Crippen LogP contribution in [0.4, 0.5) is 8.78 Å². The summed E-state index contributed by atoms with van der Waals surface area (Å²) in [7, 11) is 3.01. The molecule has 5 atom stereocenters. The molecule has 0 amide bonds. The van der Waals surface area contributed by atoms with Gasteiger partial charge in [-0.05, 0) is 24.3 Å². The highest BCUT2D eigenvalue weighted by Crippen LogP contribution is 2.39. The molecule has 0 saturated carbocycles. The van der Waals surface area contributed by atoms with Gasteiger partial charge in [-0.3, -0.25) is 0 Å². The standard InChI is InChI=1S/C21H22F2O6/c1-24-21(25-2)18-17-16(27-20(29-18)13-5-9-15(23)10-6-13)11-26-19(28-17)12-3-7-14(22)8-4-12/h3-10,16-21H,11H2,1-2H3/t16-,17+,18-,19?,20?/m1/s1. The van der Waals surface area contributed by atoms with Gasteiger partial charge < -0.3 is 28.4 Å². The normalized spacial score (nSPS) is 29.6. The first kappa shape index (κ1) is 20.3. The SMILES string of the molecule is COC(OC)[C@@H]1OC(c2ccc(F)cc2)O[C@@H]2COC(c3ccc(F)cc3)O[C@@H]21. The lowest BCUT2D eigenvalue weighted by Gasteiger charge is -2.47. The van der Waals surface area contributed by atoms with E-state index < -0.39 is 37.2 Å². The third kappa shape index (κ3) is 4.32. The van der Waals surface area contributed by atoms with Gasteiger partial charge in [0.1, 0.15) is 29.9 Å². The summed E-state index contributed by atoms with van der Waals surface area (Å²) in [6, 6.07) is 11.8. The van der Waals surface area contributed by atoms with Crippen LogP contribution in [0.15, 0.2) is 48.5 Å². The number of hydrogen-bond acceptors (Lipinski definition) is 6. The Morgan fingerprint density at radius 1 is 0.793 bits per heavy atom. The van der Waals surface area contributed by atoms with Gasteiger partial charge in [-0.2, -0.15) is 0 Å².